The zero-order chi connectivity index (χ0) is 62.3. The molecule has 0 amide bonds. The Morgan fingerprint density at radius 3 is 0.890 bits per heavy atom. The monoisotopic (exact) mass is 1370 g/mol. The van der Waals surface area contributed by atoms with Crippen LogP contribution in [0.2, 0.25) is 0 Å². The van der Waals surface area contributed by atoms with Gasteiger partial charge >= 0.3 is 18.9 Å². The Morgan fingerprint density at radius 1 is 0.341 bits per heavy atom. The Balaban J connectivity index is 0.000000152. The van der Waals surface area contributed by atoms with Crippen molar-refractivity contribution in [3.63, 3.8) is 0 Å². The third-order valence-corrected chi connectivity index (χ3v) is 19.2. The number of unbranched alkanes of at least 4 members (excludes halogenated alkanes) is 1. The van der Waals surface area contributed by atoms with Crippen LogP contribution in [0.15, 0.2) is 329 Å². The van der Waals surface area contributed by atoms with Crippen molar-refractivity contribution in [1.82, 2.24) is 0 Å². The summed E-state index contributed by atoms with van der Waals surface area (Å²) >= 11 is 10.9. The summed E-state index contributed by atoms with van der Waals surface area (Å²) in [5, 5.41) is 13.3. The molecule has 12 aromatic rings. The van der Waals surface area contributed by atoms with E-state index < -0.39 is 16.4 Å². The second-order valence-corrected chi connectivity index (χ2v) is 24.9. The molecular weight excluding hydrogens is 1300 g/mol. The maximum Gasteiger partial charge on any atom is 1.00 e. The molecule has 7 heteroatoms. The van der Waals surface area contributed by atoms with Crippen molar-refractivity contribution in [3.05, 3.63) is 408 Å². The van der Waals surface area contributed by atoms with Crippen molar-refractivity contribution in [3.8, 4) is 22.3 Å². The van der Waals surface area contributed by atoms with Crippen LogP contribution in [0.3, 0.4) is 0 Å². The smallest absolute Gasteiger partial charge is 0.381 e. The molecule has 15 rings (SSSR count). The van der Waals surface area contributed by atoms with Gasteiger partial charge in [-0.15, -0.1) is 0 Å². The SMILES string of the molecule is Brc1ccccc1-c1ccccc1Br.C1CCOC1.O=C1c2ccccc2C(c2ccccc2)(c2ccccc2)c2ccccc21.OC1(c2ccccc2-c2ccccc2Br)c2ccccc2C(c2ccccc2)(c2ccccc2)c2ccccc21.[CH2-]CCC.[Li+]. The van der Waals surface area contributed by atoms with Gasteiger partial charge in [0.2, 0.25) is 0 Å². The molecule has 0 spiro atoms. The zero-order valence-electron chi connectivity index (χ0n) is 51.4. The predicted molar refractivity (Wildman–Crippen MR) is 382 cm³/mol. The van der Waals surface area contributed by atoms with Crippen LogP contribution >= 0.6 is 47.8 Å². The summed E-state index contributed by atoms with van der Waals surface area (Å²) in [5.41, 5.74) is 15.1. The first kappa shape index (κ1) is 66.2. The molecule has 12 aromatic carbocycles. The van der Waals surface area contributed by atoms with Crippen LogP contribution in [0.25, 0.3) is 22.3 Å². The molecule has 0 radical (unpaired) electrons. The summed E-state index contributed by atoms with van der Waals surface area (Å²) in [7, 11) is 0. The Bertz CT molecular complexity index is 4110. The summed E-state index contributed by atoms with van der Waals surface area (Å²) in [5.74, 6) is 0.101. The largest absolute Gasteiger partial charge is 1.00 e. The Hall–Kier alpha value is -7.73. The van der Waals surface area contributed by atoms with E-state index >= 15 is 0 Å². The molecule has 3 nitrogen and oxygen atoms in total. The fourth-order valence-electron chi connectivity index (χ4n) is 13.1. The first-order chi connectivity index (χ1) is 44.2. The second-order valence-electron chi connectivity index (χ2n) is 22.3. The summed E-state index contributed by atoms with van der Waals surface area (Å²) < 4.78 is 8.17. The summed E-state index contributed by atoms with van der Waals surface area (Å²) in [6.07, 6.45) is 4.83. The quantitative estimate of drug-likeness (QED) is 0.122. The van der Waals surface area contributed by atoms with Gasteiger partial charge in [0.1, 0.15) is 5.60 Å². The van der Waals surface area contributed by atoms with E-state index in [0.29, 0.717) is 0 Å². The van der Waals surface area contributed by atoms with E-state index in [4.69, 9.17) is 4.74 Å². The van der Waals surface area contributed by atoms with E-state index in [9.17, 15) is 9.90 Å². The van der Waals surface area contributed by atoms with Crippen LogP contribution in [-0.4, -0.2) is 24.1 Å². The van der Waals surface area contributed by atoms with Crippen LogP contribution in [0.5, 0.6) is 0 Å². The molecular formula is C84H70Br3LiO3. The third kappa shape index (κ3) is 13.2. The number of hydrogen-bond acceptors (Lipinski definition) is 3. The molecule has 446 valence electrons. The van der Waals surface area contributed by atoms with Crippen LogP contribution in [0.4, 0.5) is 0 Å². The number of ketones is 1. The Labute approximate surface area is 574 Å². The van der Waals surface area contributed by atoms with Gasteiger partial charge in [-0.2, -0.15) is 6.42 Å². The first-order valence-corrected chi connectivity index (χ1v) is 33.2. The number of carbonyl (C=O) groups is 1. The minimum Gasteiger partial charge on any atom is -0.381 e. The van der Waals surface area contributed by atoms with Crippen LogP contribution in [0, 0.1) is 6.92 Å². The molecule has 0 bridgehead atoms. The molecule has 0 unspecified atom stereocenters. The average molecular weight is 1370 g/mol. The van der Waals surface area contributed by atoms with Crippen molar-refractivity contribution in [1.29, 1.82) is 0 Å². The van der Waals surface area contributed by atoms with Crippen LogP contribution in [0.1, 0.15) is 110 Å². The van der Waals surface area contributed by atoms with Gasteiger partial charge in [-0.3, -0.25) is 4.79 Å². The van der Waals surface area contributed by atoms with E-state index in [1.807, 2.05) is 109 Å². The number of hydrogen-bond donors (Lipinski definition) is 1. The molecule has 0 saturated carbocycles. The van der Waals surface area contributed by atoms with Crippen LogP contribution < -0.4 is 18.9 Å². The van der Waals surface area contributed by atoms with Crippen molar-refractivity contribution in [2.45, 2.75) is 49.0 Å². The molecule has 91 heavy (non-hydrogen) atoms. The van der Waals surface area contributed by atoms with Crippen LogP contribution in [-0.2, 0) is 21.2 Å². The van der Waals surface area contributed by atoms with Gasteiger partial charge in [-0.05, 0) is 109 Å². The summed E-state index contributed by atoms with van der Waals surface area (Å²) in [6.45, 7) is 7.72. The minimum atomic E-state index is -1.38. The maximum absolute atomic E-state index is 13.3. The van der Waals surface area contributed by atoms with Gasteiger partial charge in [-0.25, -0.2) is 0 Å². The summed E-state index contributed by atoms with van der Waals surface area (Å²) in [4.78, 5) is 13.3. The molecule has 2 aliphatic carbocycles. The zero-order valence-corrected chi connectivity index (χ0v) is 56.1. The first-order valence-electron chi connectivity index (χ1n) is 30.8. The predicted octanol–water partition coefficient (Wildman–Crippen LogP) is 19.0. The third-order valence-electron chi connectivity index (χ3n) is 17.1. The van der Waals surface area contributed by atoms with Gasteiger partial charge in [0, 0.05) is 43.3 Å². The molecule has 1 N–H and O–H groups in total. The van der Waals surface area contributed by atoms with Crippen molar-refractivity contribution in [2.75, 3.05) is 13.2 Å². The number of carbonyl (C=O) groups excluding carboxylic acids is 1. The fourth-order valence-corrected chi connectivity index (χ4v) is 14.5. The number of ether oxygens (including phenoxy) is 1. The standard InChI is InChI=1S/C38H27BrO.C26H18O.C12H8Br2.C4H8O.C4H9.Li/c39-36-26-14-8-20-30(36)29-19-7-9-21-31(29)38(40)34-24-12-10-22-32(34)37(27-15-3-1-4-16-27,28-17-5-2-6-18-28)33-23-11-13-25-35(33)38;27-25-21-15-7-9-17-23(21)26(19-11-3-1-4-12-19,20-13-5-2-6-14-20)24-18-10-8-16-22(24)25;13-11-7-3-1-5-9(11)10-6-2-4-8-12(10)14;1-2-4-5-3-1;1-3-4-2;/h1-26,40H;1-18H;1-8H;1-4H2;1,3-4H2,2H3;/q;;;;-1;+1. The number of benzene rings is 12. The normalized spacial score (nSPS) is 13.9. The molecule has 1 heterocycles. The van der Waals surface area contributed by atoms with Gasteiger partial charge < -0.3 is 16.8 Å². The van der Waals surface area contributed by atoms with Crippen molar-refractivity contribution >= 4 is 53.6 Å². The van der Waals surface area contributed by atoms with Gasteiger partial charge in [-0.1, -0.05) is 358 Å². The molecule has 0 atom stereocenters. The number of rotatable bonds is 8. The minimum absolute atomic E-state index is 0. The fraction of sp³-hybridized carbons (Fsp3) is 0.119. The number of aliphatic hydroxyl groups is 1. The average Bonchev–Trinajstić information content (AvgIpc) is 0.745. The Morgan fingerprint density at radius 2 is 0.582 bits per heavy atom. The van der Waals surface area contributed by atoms with Crippen molar-refractivity contribution in [2.24, 2.45) is 0 Å². The topological polar surface area (TPSA) is 46.5 Å². The second kappa shape index (κ2) is 31.1. The Kier molecular flexibility index (Phi) is 22.6. The molecule has 0 aromatic heterocycles. The number of fused-ring (bicyclic) bond motifs is 4. The summed E-state index contributed by atoms with van der Waals surface area (Å²) in [6, 6.07) is 108. The number of halogens is 3. The molecule has 1 saturated heterocycles. The van der Waals surface area contributed by atoms with Crippen molar-refractivity contribution < 1.29 is 33.5 Å². The maximum atomic E-state index is 13.3. The van der Waals surface area contributed by atoms with Gasteiger partial charge in [0.05, 0.1) is 10.8 Å². The van der Waals surface area contributed by atoms with E-state index in [1.54, 1.807) is 0 Å². The van der Waals surface area contributed by atoms with E-state index in [-0.39, 0.29) is 24.6 Å². The van der Waals surface area contributed by atoms with E-state index in [2.05, 4.69) is 268 Å². The van der Waals surface area contributed by atoms with E-state index in [0.717, 1.165) is 94.3 Å². The molecule has 1 aliphatic heterocycles. The van der Waals surface area contributed by atoms with Gasteiger partial charge in [0.15, 0.2) is 5.78 Å². The van der Waals surface area contributed by atoms with Gasteiger partial charge in [0.25, 0.3) is 0 Å². The molecule has 1 fully saturated rings. The molecule has 3 aliphatic rings. The van der Waals surface area contributed by atoms with E-state index in [1.165, 1.54) is 52.6 Å².